The molecular formula is C17H24N2O. The highest BCUT2D eigenvalue weighted by Gasteiger charge is 2.26. The number of isocyanates is 1. The van der Waals surface area contributed by atoms with Crippen molar-refractivity contribution in [2.24, 2.45) is 10.9 Å². The molecule has 1 aliphatic carbocycles. The average Bonchev–Trinajstić information content (AvgIpc) is 2.63. The predicted molar refractivity (Wildman–Crippen MR) is 81.2 cm³/mol. The van der Waals surface area contributed by atoms with Gasteiger partial charge in [-0.1, -0.05) is 37.3 Å². The van der Waals surface area contributed by atoms with Gasteiger partial charge in [0, 0.05) is 12.6 Å². The van der Waals surface area contributed by atoms with Crippen LogP contribution in [0.25, 0.3) is 0 Å². The van der Waals surface area contributed by atoms with Crippen LogP contribution in [0.4, 0.5) is 0 Å². The summed E-state index contributed by atoms with van der Waals surface area (Å²) in [4.78, 5) is 16.9. The standard InChI is InChI=1S/C17H24N2O/c1-14-8-9-16(18-13-20)11-17(10-14)19(2)12-15-6-4-3-5-7-15/h3-7,14,16-17H,8-12H2,1-2H3/t14-,16+,17-/m1/s1. The van der Waals surface area contributed by atoms with Crippen LogP contribution in [-0.4, -0.2) is 30.1 Å². The first kappa shape index (κ1) is 15.0. The first-order valence-electron chi connectivity index (χ1n) is 7.50. The highest BCUT2D eigenvalue weighted by molar-refractivity contribution is 5.33. The summed E-state index contributed by atoms with van der Waals surface area (Å²) in [5.74, 6) is 0.699. The van der Waals surface area contributed by atoms with Gasteiger partial charge in [-0.15, -0.1) is 0 Å². The van der Waals surface area contributed by atoms with Crippen LogP contribution in [0.5, 0.6) is 0 Å². The lowest BCUT2D eigenvalue weighted by Crippen LogP contribution is -2.33. The summed E-state index contributed by atoms with van der Waals surface area (Å²) in [5.41, 5.74) is 1.34. The first-order chi connectivity index (χ1) is 9.69. The Bertz CT molecular complexity index is 453. The van der Waals surface area contributed by atoms with Crippen molar-refractivity contribution in [2.75, 3.05) is 7.05 Å². The maximum Gasteiger partial charge on any atom is 0.235 e. The monoisotopic (exact) mass is 272 g/mol. The van der Waals surface area contributed by atoms with E-state index in [4.69, 9.17) is 0 Å². The largest absolute Gasteiger partial charge is 0.299 e. The SMILES string of the molecule is C[C@@H]1CC[C@H](N=C=O)C[C@H](N(C)Cc2ccccc2)C1. The Labute approximate surface area is 121 Å². The van der Waals surface area contributed by atoms with Gasteiger partial charge in [-0.25, -0.2) is 9.79 Å². The van der Waals surface area contributed by atoms with Gasteiger partial charge in [0.2, 0.25) is 6.08 Å². The Morgan fingerprint density at radius 1 is 1.25 bits per heavy atom. The lowest BCUT2D eigenvalue weighted by molar-refractivity contribution is 0.195. The number of aliphatic imine (C=N–C) groups is 1. The summed E-state index contributed by atoms with van der Waals surface area (Å²) in [6, 6.07) is 11.2. The van der Waals surface area contributed by atoms with Crippen LogP contribution in [0, 0.1) is 5.92 Å². The molecule has 0 N–H and O–H groups in total. The molecular weight excluding hydrogens is 248 g/mol. The average molecular weight is 272 g/mol. The second-order valence-corrected chi connectivity index (χ2v) is 6.08. The van der Waals surface area contributed by atoms with E-state index in [0.29, 0.717) is 12.0 Å². The van der Waals surface area contributed by atoms with Crippen molar-refractivity contribution >= 4 is 6.08 Å². The first-order valence-corrected chi connectivity index (χ1v) is 7.50. The molecule has 0 amide bonds. The van der Waals surface area contributed by atoms with E-state index in [9.17, 15) is 4.79 Å². The summed E-state index contributed by atoms with van der Waals surface area (Å²) in [5, 5.41) is 0. The number of hydrogen-bond donors (Lipinski definition) is 0. The molecule has 3 atom stereocenters. The molecule has 1 aliphatic rings. The molecule has 3 nitrogen and oxygen atoms in total. The lowest BCUT2D eigenvalue weighted by Gasteiger charge is -2.29. The molecule has 1 fully saturated rings. The van der Waals surface area contributed by atoms with Crippen molar-refractivity contribution in [2.45, 2.75) is 51.2 Å². The van der Waals surface area contributed by atoms with Gasteiger partial charge in [-0.3, -0.25) is 4.90 Å². The molecule has 108 valence electrons. The third kappa shape index (κ3) is 4.29. The van der Waals surface area contributed by atoms with Gasteiger partial charge in [0.1, 0.15) is 0 Å². The maximum atomic E-state index is 10.5. The van der Waals surface area contributed by atoms with Crippen LogP contribution >= 0.6 is 0 Å². The minimum atomic E-state index is 0.153. The van der Waals surface area contributed by atoms with E-state index in [2.05, 4.69) is 48.1 Å². The fraction of sp³-hybridized carbons (Fsp3) is 0.588. The maximum absolute atomic E-state index is 10.5. The van der Waals surface area contributed by atoms with Crippen molar-refractivity contribution in [3.8, 4) is 0 Å². The third-order valence-corrected chi connectivity index (χ3v) is 4.34. The van der Waals surface area contributed by atoms with E-state index in [1.807, 2.05) is 6.07 Å². The van der Waals surface area contributed by atoms with Crippen LogP contribution in [0.15, 0.2) is 35.3 Å². The van der Waals surface area contributed by atoms with Gasteiger partial charge >= 0.3 is 0 Å². The number of rotatable bonds is 4. The molecule has 2 rings (SSSR count). The summed E-state index contributed by atoms with van der Waals surface area (Å²) in [6.07, 6.45) is 6.09. The smallest absolute Gasteiger partial charge is 0.235 e. The third-order valence-electron chi connectivity index (χ3n) is 4.34. The molecule has 0 aliphatic heterocycles. The zero-order valence-corrected chi connectivity index (χ0v) is 12.5. The van der Waals surface area contributed by atoms with Gasteiger partial charge in [0.15, 0.2) is 0 Å². The number of carbonyl (C=O) groups excluding carboxylic acids is 1. The van der Waals surface area contributed by atoms with Gasteiger partial charge < -0.3 is 0 Å². The molecule has 0 bridgehead atoms. The van der Waals surface area contributed by atoms with Gasteiger partial charge in [0.05, 0.1) is 6.04 Å². The van der Waals surface area contributed by atoms with Crippen molar-refractivity contribution < 1.29 is 4.79 Å². The Hall–Kier alpha value is -1.44. The van der Waals surface area contributed by atoms with Gasteiger partial charge in [-0.2, -0.15) is 0 Å². The van der Waals surface area contributed by atoms with Crippen molar-refractivity contribution in [1.82, 2.24) is 4.90 Å². The van der Waals surface area contributed by atoms with Crippen LogP contribution in [0.3, 0.4) is 0 Å². The topological polar surface area (TPSA) is 32.7 Å². The van der Waals surface area contributed by atoms with E-state index in [-0.39, 0.29) is 6.04 Å². The Morgan fingerprint density at radius 3 is 2.70 bits per heavy atom. The normalized spacial score (nSPS) is 26.9. The van der Waals surface area contributed by atoms with Gasteiger partial charge in [0.25, 0.3) is 0 Å². The molecule has 0 radical (unpaired) electrons. The Balaban J connectivity index is 2.02. The zero-order chi connectivity index (χ0) is 14.4. The van der Waals surface area contributed by atoms with E-state index in [0.717, 1.165) is 25.8 Å². The number of hydrogen-bond acceptors (Lipinski definition) is 3. The van der Waals surface area contributed by atoms with Gasteiger partial charge in [-0.05, 0) is 44.2 Å². The fourth-order valence-electron chi connectivity index (χ4n) is 3.14. The summed E-state index contributed by atoms with van der Waals surface area (Å²) in [6.45, 7) is 3.26. The molecule has 0 unspecified atom stereocenters. The second kappa shape index (κ2) is 7.37. The highest BCUT2D eigenvalue weighted by Crippen LogP contribution is 2.28. The lowest BCUT2D eigenvalue weighted by atomic mass is 9.99. The summed E-state index contributed by atoms with van der Waals surface area (Å²) in [7, 11) is 2.18. The summed E-state index contributed by atoms with van der Waals surface area (Å²) >= 11 is 0. The number of benzene rings is 1. The van der Waals surface area contributed by atoms with Crippen molar-refractivity contribution in [3.05, 3.63) is 35.9 Å². The van der Waals surface area contributed by atoms with Crippen LogP contribution in [0.1, 0.15) is 38.2 Å². The number of nitrogens with zero attached hydrogens (tertiary/aromatic N) is 2. The summed E-state index contributed by atoms with van der Waals surface area (Å²) < 4.78 is 0. The molecule has 1 aromatic rings. The molecule has 1 saturated carbocycles. The van der Waals surface area contributed by atoms with Crippen LogP contribution in [-0.2, 0) is 11.3 Å². The van der Waals surface area contributed by atoms with E-state index in [1.54, 1.807) is 6.08 Å². The fourth-order valence-corrected chi connectivity index (χ4v) is 3.14. The van der Waals surface area contributed by atoms with Crippen LogP contribution < -0.4 is 0 Å². The Morgan fingerprint density at radius 2 is 2.00 bits per heavy atom. The second-order valence-electron chi connectivity index (χ2n) is 6.08. The van der Waals surface area contributed by atoms with Crippen LogP contribution in [0.2, 0.25) is 0 Å². The molecule has 0 spiro atoms. The minimum Gasteiger partial charge on any atom is -0.299 e. The highest BCUT2D eigenvalue weighted by atomic mass is 16.1. The van der Waals surface area contributed by atoms with Crippen molar-refractivity contribution in [1.29, 1.82) is 0 Å². The molecule has 0 aromatic heterocycles. The molecule has 20 heavy (non-hydrogen) atoms. The Kier molecular flexibility index (Phi) is 5.51. The predicted octanol–water partition coefficient (Wildman–Crippen LogP) is 3.40. The molecule has 0 heterocycles. The molecule has 3 heteroatoms. The van der Waals surface area contributed by atoms with Crippen molar-refractivity contribution in [3.63, 3.8) is 0 Å². The molecule has 1 aromatic carbocycles. The quantitative estimate of drug-likeness (QED) is 0.478. The molecule has 0 saturated heterocycles. The van der Waals surface area contributed by atoms with E-state index >= 15 is 0 Å². The zero-order valence-electron chi connectivity index (χ0n) is 12.5. The van der Waals surface area contributed by atoms with E-state index in [1.165, 1.54) is 12.0 Å². The van der Waals surface area contributed by atoms with E-state index < -0.39 is 0 Å². The minimum absolute atomic E-state index is 0.153.